The summed E-state index contributed by atoms with van der Waals surface area (Å²) in [5, 5.41) is 16.7. The number of para-hydroxylation sites is 1. The normalized spacial score (nSPS) is 17.4. The van der Waals surface area contributed by atoms with Crippen LogP contribution < -0.4 is 21.1 Å². The van der Waals surface area contributed by atoms with Crippen LogP contribution in [0.5, 0.6) is 11.5 Å². The van der Waals surface area contributed by atoms with Gasteiger partial charge in [0, 0.05) is 16.6 Å². The van der Waals surface area contributed by atoms with Gasteiger partial charge in [-0.15, -0.1) is 0 Å². The van der Waals surface area contributed by atoms with Gasteiger partial charge in [0.2, 0.25) is 5.91 Å². The van der Waals surface area contributed by atoms with Gasteiger partial charge in [-0.3, -0.25) is 10.1 Å². The van der Waals surface area contributed by atoms with Crippen LogP contribution in [0.3, 0.4) is 0 Å². The first-order valence-corrected chi connectivity index (χ1v) is 13.7. The number of unbranched alkanes of at least 4 members (excludes halogenated alkanes) is 1. The summed E-state index contributed by atoms with van der Waals surface area (Å²) in [6.07, 6.45) is -2.52. The zero-order valence-electron chi connectivity index (χ0n) is 22.6. The van der Waals surface area contributed by atoms with E-state index >= 15 is 0 Å². The van der Waals surface area contributed by atoms with Gasteiger partial charge in [0.1, 0.15) is 17.5 Å². The molecule has 0 radical (unpaired) electrons. The summed E-state index contributed by atoms with van der Waals surface area (Å²) in [4.78, 5) is 28.7. The highest BCUT2D eigenvalue weighted by molar-refractivity contribution is 5.90. The number of benzene rings is 3. The minimum Gasteiger partial charge on any atom is -0.480 e. The van der Waals surface area contributed by atoms with Crippen molar-refractivity contribution >= 4 is 22.8 Å². The second-order valence-corrected chi connectivity index (χ2v) is 10.3. The Balaban J connectivity index is 1.38. The molecule has 42 heavy (non-hydrogen) atoms. The number of carboxylic acids is 1. The Hall–Kier alpha value is -4.35. The molecule has 2 heterocycles. The molecule has 220 valence electrons. The summed E-state index contributed by atoms with van der Waals surface area (Å²) in [6, 6.07) is 17.2. The lowest BCUT2D eigenvalue weighted by atomic mass is 9.90. The fourth-order valence-electron chi connectivity index (χ4n) is 5.26. The Bertz CT molecular complexity index is 1550. The molecule has 11 heteroatoms. The van der Waals surface area contributed by atoms with E-state index in [0.29, 0.717) is 31.6 Å². The van der Waals surface area contributed by atoms with Crippen LogP contribution in [0, 0.1) is 0 Å². The number of ether oxygens (including phenoxy) is 1. The Labute approximate surface area is 240 Å². The van der Waals surface area contributed by atoms with E-state index < -0.39 is 41.7 Å². The van der Waals surface area contributed by atoms with Crippen molar-refractivity contribution in [2.24, 2.45) is 5.73 Å². The topological polar surface area (TPSA) is 129 Å². The van der Waals surface area contributed by atoms with Crippen molar-refractivity contribution in [2.75, 3.05) is 6.54 Å². The number of nitrogens with one attached hydrogen (secondary N) is 3. The standard InChI is InChI=1S/C31H31F3N4O4/c32-31(33,34)19-10-14-21(15-11-19)42-20-12-8-18(9-13-20)27-28-23(22-5-1-2-6-24(22)36-28)17-26(37-27)29(39)38-25(30(40)41)7-3-4-16-35/h1-2,5-6,8-15,25-27,36-37H,3-4,7,16-17,35H2,(H,38,39)(H,40,41). The molecule has 0 fully saturated rings. The maximum atomic E-state index is 13.4. The molecule has 3 aromatic carbocycles. The van der Waals surface area contributed by atoms with E-state index in [1.807, 2.05) is 36.4 Å². The molecule has 0 spiro atoms. The average molecular weight is 581 g/mol. The van der Waals surface area contributed by atoms with Gasteiger partial charge in [-0.25, -0.2) is 4.79 Å². The molecule has 0 saturated heterocycles. The predicted octanol–water partition coefficient (Wildman–Crippen LogP) is 5.28. The zero-order valence-corrected chi connectivity index (χ0v) is 22.6. The molecule has 4 aromatic rings. The molecule has 3 atom stereocenters. The van der Waals surface area contributed by atoms with Crippen molar-refractivity contribution < 1.29 is 32.6 Å². The van der Waals surface area contributed by atoms with Crippen molar-refractivity contribution in [3.63, 3.8) is 0 Å². The van der Waals surface area contributed by atoms with E-state index in [4.69, 9.17) is 10.5 Å². The smallest absolute Gasteiger partial charge is 0.416 e. The van der Waals surface area contributed by atoms with Crippen LogP contribution in [0.4, 0.5) is 13.2 Å². The van der Waals surface area contributed by atoms with E-state index in [1.54, 1.807) is 12.1 Å². The van der Waals surface area contributed by atoms with E-state index in [9.17, 15) is 27.9 Å². The molecule has 3 unspecified atom stereocenters. The Kier molecular flexibility index (Phi) is 8.51. The van der Waals surface area contributed by atoms with Gasteiger partial charge < -0.3 is 25.9 Å². The van der Waals surface area contributed by atoms with Crippen molar-refractivity contribution in [3.8, 4) is 11.5 Å². The Morgan fingerprint density at radius 3 is 2.31 bits per heavy atom. The molecule has 1 aromatic heterocycles. The molecule has 0 bridgehead atoms. The summed E-state index contributed by atoms with van der Waals surface area (Å²) >= 11 is 0. The number of hydrogen-bond donors (Lipinski definition) is 5. The summed E-state index contributed by atoms with van der Waals surface area (Å²) in [6.45, 7) is 0.448. The molecule has 1 amide bonds. The summed E-state index contributed by atoms with van der Waals surface area (Å²) in [7, 11) is 0. The number of aliphatic carboxylic acids is 1. The number of amides is 1. The minimum atomic E-state index is -4.43. The maximum absolute atomic E-state index is 13.4. The first-order valence-electron chi connectivity index (χ1n) is 13.7. The second-order valence-electron chi connectivity index (χ2n) is 10.3. The fraction of sp³-hybridized carbons (Fsp3) is 0.290. The monoisotopic (exact) mass is 580 g/mol. The molecule has 1 aliphatic heterocycles. The number of H-pyrrole nitrogens is 1. The number of rotatable bonds is 10. The van der Waals surface area contributed by atoms with Crippen molar-refractivity contribution in [1.82, 2.24) is 15.6 Å². The van der Waals surface area contributed by atoms with Gasteiger partial charge in [-0.2, -0.15) is 13.2 Å². The number of alkyl halides is 3. The van der Waals surface area contributed by atoms with Gasteiger partial charge in [-0.05, 0) is 85.8 Å². The number of carbonyl (C=O) groups is 2. The zero-order chi connectivity index (χ0) is 29.9. The van der Waals surface area contributed by atoms with Crippen LogP contribution in [-0.4, -0.2) is 40.6 Å². The molecule has 0 saturated carbocycles. The third kappa shape index (κ3) is 6.42. The summed E-state index contributed by atoms with van der Waals surface area (Å²) in [5.74, 6) is -0.801. The number of hydrogen-bond acceptors (Lipinski definition) is 5. The average Bonchev–Trinajstić information content (AvgIpc) is 3.35. The van der Waals surface area contributed by atoms with Gasteiger partial charge in [0.25, 0.3) is 0 Å². The van der Waals surface area contributed by atoms with Gasteiger partial charge >= 0.3 is 12.1 Å². The number of carboxylic acid groups (broad SMARTS) is 1. The van der Waals surface area contributed by atoms with Crippen LogP contribution in [0.15, 0.2) is 72.8 Å². The molecule has 6 N–H and O–H groups in total. The quantitative estimate of drug-likeness (QED) is 0.162. The van der Waals surface area contributed by atoms with Crippen molar-refractivity contribution in [1.29, 1.82) is 0 Å². The van der Waals surface area contributed by atoms with E-state index in [1.165, 1.54) is 12.1 Å². The number of carbonyl (C=O) groups excluding carboxylic acids is 1. The van der Waals surface area contributed by atoms with E-state index in [-0.39, 0.29) is 12.2 Å². The van der Waals surface area contributed by atoms with E-state index in [2.05, 4.69) is 15.6 Å². The minimum absolute atomic E-state index is 0.264. The Morgan fingerprint density at radius 2 is 1.67 bits per heavy atom. The largest absolute Gasteiger partial charge is 0.480 e. The number of nitrogens with two attached hydrogens (primary N) is 1. The highest BCUT2D eigenvalue weighted by Gasteiger charge is 2.35. The maximum Gasteiger partial charge on any atom is 0.416 e. The van der Waals surface area contributed by atoms with Gasteiger partial charge in [0.15, 0.2) is 0 Å². The lowest BCUT2D eigenvalue weighted by molar-refractivity contribution is -0.142. The van der Waals surface area contributed by atoms with E-state index in [0.717, 1.165) is 39.9 Å². The SMILES string of the molecule is NCCCCC(NC(=O)C1Cc2c([nH]c3ccccc23)C(c2ccc(Oc3ccc(C(F)(F)F)cc3)cc2)N1)C(=O)O. The molecule has 8 nitrogen and oxygen atoms in total. The molecule has 5 rings (SSSR count). The second kappa shape index (κ2) is 12.3. The molecular formula is C31H31F3N4O4. The lowest BCUT2D eigenvalue weighted by Gasteiger charge is -2.32. The van der Waals surface area contributed by atoms with Crippen molar-refractivity contribution in [2.45, 2.75) is 50.0 Å². The molecule has 0 aliphatic carbocycles. The summed E-state index contributed by atoms with van der Waals surface area (Å²) in [5.41, 5.74) is 8.38. The molecular weight excluding hydrogens is 549 g/mol. The number of aromatic amines is 1. The lowest BCUT2D eigenvalue weighted by Crippen LogP contribution is -2.53. The van der Waals surface area contributed by atoms with Gasteiger partial charge in [0.05, 0.1) is 17.6 Å². The van der Waals surface area contributed by atoms with Crippen LogP contribution in [-0.2, 0) is 22.2 Å². The van der Waals surface area contributed by atoms with Gasteiger partial charge in [-0.1, -0.05) is 30.3 Å². The predicted molar refractivity (Wildman–Crippen MR) is 151 cm³/mol. The first kappa shape index (κ1) is 29.2. The van der Waals surface area contributed by atoms with Crippen LogP contribution in [0.1, 0.15) is 47.7 Å². The van der Waals surface area contributed by atoms with Crippen LogP contribution in [0.25, 0.3) is 10.9 Å². The van der Waals surface area contributed by atoms with Crippen LogP contribution in [0.2, 0.25) is 0 Å². The Morgan fingerprint density at radius 1 is 1.00 bits per heavy atom. The first-order chi connectivity index (χ1) is 20.1. The molecule has 1 aliphatic rings. The third-order valence-electron chi connectivity index (χ3n) is 7.42. The number of aromatic nitrogens is 1. The summed E-state index contributed by atoms with van der Waals surface area (Å²) < 4.78 is 44.4. The highest BCUT2D eigenvalue weighted by atomic mass is 19.4. The van der Waals surface area contributed by atoms with Crippen LogP contribution >= 0.6 is 0 Å². The number of halogens is 3. The van der Waals surface area contributed by atoms with Crippen molar-refractivity contribution in [3.05, 3.63) is 95.2 Å². The fourth-order valence-corrected chi connectivity index (χ4v) is 5.26. The highest BCUT2D eigenvalue weighted by Crippen LogP contribution is 2.36. The third-order valence-corrected chi connectivity index (χ3v) is 7.42. The number of fused-ring (bicyclic) bond motifs is 3.